The van der Waals surface area contributed by atoms with Crippen LogP contribution >= 0.6 is 0 Å². The van der Waals surface area contributed by atoms with E-state index in [9.17, 15) is 13.2 Å². The normalized spacial score (nSPS) is 12.4. The third-order valence-corrected chi connectivity index (χ3v) is 7.82. The number of hydrogen-bond donors (Lipinski definition) is 1. The largest absolute Gasteiger partial charge is 0.497 e. The van der Waals surface area contributed by atoms with Crippen molar-refractivity contribution in [3.63, 3.8) is 0 Å². The molecule has 0 radical (unpaired) electrons. The van der Waals surface area contributed by atoms with Gasteiger partial charge in [0.05, 0.1) is 24.6 Å². The number of rotatable bonds is 9. The van der Waals surface area contributed by atoms with Gasteiger partial charge in [-0.3, -0.25) is 4.79 Å². The summed E-state index contributed by atoms with van der Waals surface area (Å²) in [6, 6.07) is 20.1. The van der Waals surface area contributed by atoms with E-state index in [4.69, 9.17) is 4.74 Å². The lowest BCUT2D eigenvalue weighted by molar-refractivity contribution is -0.122. The first-order chi connectivity index (χ1) is 16.1. The molecule has 1 unspecified atom stereocenters. The highest BCUT2D eigenvalue weighted by Crippen LogP contribution is 2.26. The van der Waals surface area contributed by atoms with E-state index in [1.165, 1.54) is 4.31 Å². The summed E-state index contributed by atoms with van der Waals surface area (Å²) in [6.07, 6.45) is 0. The molecule has 0 saturated heterocycles. The average Bonchev–Trinajstić information content (AvgIpc) is 2.78. The zero-order valence-corrected chi connectivity index (χ0v) is 21.1. The monoisotopic (exact) mass is 480 g/mol. The van der Waals surface area contributed by atoms with E-state index in [1.54, 1.807) is 21.0 Å². The van der Waals surface area contributed by atoms with Crippen LogP contribution in [0, 0.1) is 20.8 Å². The average molecular weight is 481 g/mol. The molecule has 3 aromatic carbocycles. The van der Waals surface area contributed by atoms with Crippen molar-refractivity contribution >= 4 is 15.9 Å². The third kappa shape index (κ3) is 6.04. The van der Waals surface area contributed by atoms with Crippen molar-refractivity contribution in [2.75, 3.05) is 13.7 Å². The van der Waals surface area contributed by atoms with Crippen molar-refractivity contribution in [1.82, 2.24) is 9.62 Å². The minimum atomic E-state index is -3.93. The lowest BCUT2D eigenvalue weighted by Gasteiger charge is -2.25. The first kappa shape index (κ1) is 25.5. The highest BCUT2D eigenvalue weighted by molar-refractivity contribution is 7.89. The van der Waals surface area contributed by atoms with Crippen molar-refractivity contribution in [3.8, 4) is 5.75 Å². The molecule has 0 aromatic heterocycles. The second kappa shape index (κ2) is 10.8. The second-order valence-corrected chi connectivity index (χ2v) is 10.4. The van der Waals surface area contributed by atoms with Crippen molar-refractivity contribution in [1.29, 1.82) is 0 Å². The van der Waals surface area contributed by atoms with Gasteiger partial charge in [0.15, 0.2) is 0 Å². The van der Waals surface area contributed by atoms with E-state index in [0.29, 0.717) is 11.1 Å². The van der Waals surface area contributed by atoms with Crippen molar-refractivity contribution < 1.29 is 17.9 Å². The Morgan fingerprint density at radius 3 is 2.12 bits per heavy atom. The summed E-state index contributed by atoms with van der Waals surface area (Å²) in [5.74, 6) is 0.358. The summed E-state index contributed by atoms with van der Waals surface area (Å²) < 4.78 is 34.0. The van der Waals surface area contributed by atoms with Crippen LogP contribution in [0.25, 0.3) is 0 Å². The predicted octanol–water partition coefficient (Wildman–Crippen LogP) is 4.69. The smallest absolute Gasteiger partial charge is 0.244 e. The Hall–Kier alpha value is -3.16. The number of nitrogens with one attached hydrogen (secondary N) is 1. The molecular weight excluding hydrogens is 448 g/mol. The molecule has 0 spiro atoms. The SMILES string of the molecule is COc1ccc(C(C)NC(=O)CN(Cc2ccccc2)S(=O)(=O)c2c(C)cc(C)cc2C)cc1. The summed E-state index contributed by atoms with van der Waals surface area (Å²) in [4.78, 5) is 13.3. The van der Waals surface area contributed by atoms with Gasteiger partial charge in [0.25, 0.3) is 0 Å². The van der Waals surface area contributed by atoms with Crippen LogP contribution in [-0.4, -0.2) is 32.3 Å². The van der Waals surface area contributed by atoms with Gasteiger partial charge < -0.3 is 10.1 Å². The fourth-order valence-electron chi connectivity index (χ4n) is 4.14. The number of ether oxygens (including phenoxy) is 1. The number of carbonyl (C=O) groups is 1. The lowest BCUT2D eigenvalue weighted by Crippen LogP contribution is -2.41. The fourth-order valence-corrected chi connectivity index (χ4v) is 5.93. The molecule has 0 heterocycles. The Morgan fingerprint density at radius 1 is 0.971 bits per heavy atom. The van der Waals surface area contributed by atoms with Gasteiger partial charge in [0, 0.05) is 6.54 Å². The van der Waals surface area contributed by atoms with Crippen LogP contribution < -0.4 is 10.1 Å². The molecule has 0 bridgehead atoms. The summed E-state index contributed by atoms with van der Waals surface area (Å²) in [6.45, 7) is 7.19. The molecule has 1 atom stereocenters. The summed E-state index contributed by atoms with van der Waals surface area (Å²) >= 11 is 0. The molecule has 6 nitrogen and oxygen atoms in total. The quantitative estimate of drug-likeness (QED) is 0.482. The molecule has 180 valence electrons. The van der Waals surface area contributed by atoms with Gasteiger partial charge in [-0.05, 0) is 62.1 Å². The number of carbonyl (C=O) groups excluding carboxylic acids is 1. The fraction of sp³-hybridized carbons (Fsp3) is 0.296. The Bertz CT molecular complexity index is 1220. The van der Waals surface area contributed by atoms with Crippen LogP contribution in [0.2, 0.25) is 0 Å². The lowest BCUT2D eigenvalue weighted by atomic mass is 10.1. The number of benzene rings is 3. The first-order valence-electron chi connectivity index (χ1n) is 11.2. The number of aryl methyl sites for hydroxylation is 3. The minimum Gasteiger partial charge on any atom is -0.497 e. The van der Waals surface area contributed by atoms with Crippen molar-refractivity contribution in [2.45, 2.75) is 45.2 Å². The molecule has 3 rings (SSSR count). The summed E-state index contributed by atoms with van der Waals surface area (Å²) in [5, 5.41) is 2.93. The van der Waals surface area contributed by atoms with Gasteiger partial charge in [0.1, 0.15) is 5.75 Å². The van der Waals surface area contributed by atoms with E-state index >= 15 is 0 Å². The van der Waals surface area contributed by atoms with Crippen molar-refractivity contribution in [3.05, 3.63) is 94.5 Å². The number of hydrogen-bond acceptors (Lipinski definition) is 4. The molecule has 1 N–H and O–H groups in total. The summed E-state index contributed by atoms with van der Waals surface area (Å²) in [7, 11) is -2.33. The molecule has 1 amide bonds. The maximum atomic E-state index is 13.8. The van der Waals surface area contributed by atoms with Gasteiger partial charge in [-0.15, -0.1) is 0 Å². The molecule has 0 fully saturated rings. The molecule has 34 heavy (non-hydrogen) atoms. The zero-order chi connectivity index (χ0) is 24.9. The van der Waals surface area contributed by atoms with E-state index < -0.39 is 10.0 Å². The van der Waals surface area contributed by atoms with Crippen LogP contribution in [0.1, 0.15) is 40.8 Å². The molecule has 0 saturated carbocycles. The Morgan fingerprint density at radius 2 is 1.56 bits per heavy atom. The van der Waals surface area contributed by atoms with Gasteiger partial charge >= 0.3 is 0 Å². The first-order valence-corrected chi connectivity index (χ1v) is 12.6. The van der Waals surface area contributed by atoms with Gasteiger partial charge in [-0.2, -0.15) is 4.31 Å². The van der Waals surface area contributed by atoms with E-state index in [1.807, 2.05) is 80.6 Å². The van der Waals surface area contributed by atoms with Crippen LogP contribution in [0.4, 0.5) is 0 Å². The van der Waals surface area contributed by atoms with Crippen LogP contribution in [0.3, 0.4) is 0 Å². The van der Waals surface area contributed by atoms with E-state index in [-0.39, 0.29) is 29.9 Å². The highest BCUT2D eigenvalue weighted by atomic mass is 32.2. The molecule has 0 aliphatic heterocycles. The van der Waals surface area contributed by atoms with Crippen LogP contribution in [0.5, 0.6) is 5.75 Å². The molecule has 0 aliphatic rings. The number of methoxy groups -OCH3 is 1. The predicted molar refractivity (Wildman–Crippen MR) is 134 cm³/mol. The third-order valence-electron chi connectivity index (χ3n) is 5.72. The minimum absolute atomic E-state index is 0.0975. The molecule has 0 aliphatic carbocycles. The Labute approximate surface area is 202 Å². The van der Waals surface area contributed by atoms with Crippen LogP contribution in [-0.2, 0) is 21.4 Å². The van der Waals surface area contributed by atoms with Gasteiger partial charge in [0.2, 0.25) is 15.9 Å². The van der Waals surface area contributed by atoms with Gasteiger partial charge in [-0.25, -0.2) is 8.42 Å². The number of sulfonamides is 1. The second-order valence-electron chi connectivity index (χ2n) is 8.55. The molecule has 7 heteroatoms. The zero-order valence-electron chi connectivity index (χ0n) is 20.3. The van der Waals surface area contributed by atoms with Crippen LogP contribution in [0.15, 0.2) is 71.6 Å². The van der Waals surface area contributed by atoms with Gasteiger partial charge in [-0.1, -0.05) is 60.2 Å². The Balaban J connectivity index is 1.88. The number of nitrogens with zero attached hydrogens (tertiary/aromatic N) is 1. The van der Waals surface area contributed by atoms with Crippen molar-refractivity contribution in [2.24, 2.45) is 0 Å². The standard InChI is InChI=1S/C27H32N2O4S/c1-19-15-20(2)27(21(3)16-19)34(31,32)29(17-23-9-7-6-8-10-23)18-26(30)28-22(4)24-11-13-25(33-5)14-12-24/h6-16,22H,17-18H2,1-5H3,(H,28,30). The maximum absolute atomic E-state index is 13.8. The summed E-state index contributed by atoms with van der Waals surface area (Å²) in [5.41, 5.74) is 4.04. The highest BCUT2D eigenvalue weighted by Gasteiger charge is 2.30. The number of amides is 1. The topological polar surface area (TPSA) is 75.7 Å². The van der Waals surface area contributed by atoms with E-state index in [0.717, 1.165) is 22.4 Å². The Kier molecular flexibility index (Phi) is 8.12. The van der Waals surface area contributed by atoms with E-state index in [2.05, 4.69) is 5.32 Å². The maximum Gasteiger partial charge on any atom is 0.244 e. The molecule has 3 aromatic rings. The molecular formula is C27H32N2O4S.